The highest BCUT2D eigenvalue weighted by atomic mass is 16.5. The zero-order chi connectivity index (χ0) is 14.4. The topological polar surface area (TPSA) is 57.6 Å². The highest BCUT2D eigenvalue weighted by Gasteiger charge is 2.07. The van der Waals surface area contributed by atoms with E-state index in [2.05, 4.69) is 4.85 Å². The number of aliphatic hydroxyl groups is 1. The lowest BCUT2D eigenvalue weighted by Crippen LogP contribution is -1.88. The molecule has 2 rings (SSSR count). The predicted octanol–water partition coefficient (Wildman–Crippen LogP) is 4.15. The second-order valence-electron chi connectivity index (χ2n) is 3.86. The van der Waals surface area contributed by atoms with E-state index in [0.717, 1.165) is 0 Å². The number of hydrogen-bond donors (Lipinski definition) is 1. The monoisotopic (exact) mass is 262 g/mol. The molecule has 4 heteroatoms. The normalized spacial score (nSPS) is 10.9. The number of nitrogens with zero attached hydrogens (tertiary/aromatic N) is 2. The SMILES string of the molecule is [C-]#[N+]/C(C#N)=C(/O)c1ccc(Oc2ccccc2)cc1. The van der Waals surface area contributed by atoms with E-state index in [1.807, 2.05) is 30.3 Å². The van der Waals surface area contributed by atoms with Crippen molar-refractivity contribution in [2.75, 3.05) is 0 Å². The second-order valence-corrected chi connectivity index (χ2v) is 3.86. The van der Waals surface area contributed by atoms with Gasteiger partial charge < -0.3 is 9.84 Å². The molecule has 0 bridgehead atoms. The number of nitriles is 1. The fourth-order valence-electron chi connectivity index (χ4n) is 1.57. The van der Waals surface area contributed by atoms with Crippen LogP contribution in [0.15, 0.2) is 60.3 Å². The van der Waals surface area contributed by atoms with Crippen molar-refractivity contribution in [3.05, 3.63) is 77.3 Å². The number of hydrogen-bond acceptors (Lipinski definition) is 3. The zero-order valence-corrected chi connectivity index (χ0v) is 10.4. The average molecular weight is 262 g/mol. The Kier molecular flexibility index (Phi) is 4.01. The number of para-hydroxylation sites is 1. The van der Waals surface area contributed by atoms with Gasteiger partial charge in [0.1, 0.15) is 17.3 Å². The van der Waals surface area contributed by atoms with Gasteiger partial charge in [0, 0.05) is 5.56 Å². The summed E-state index contributed by atoms with van der Waals surface area (Å²) in [5.74, 6) is 0.988. The molecule has 0 saturated carbocycles. The van der Waals surface area contributed by atoms with E-state index in [0.29, 0.717) is 17.1 Å². The van der Waals surface area contributed by atoms with Crippen molar-refractivity contribution >= 4 is 5.76 Å². The third kappa shape index (κ3) is 2.95. The summed E-state index contributed by atoms with van der Waals surface area (Å²) < 4.78 is 5.60. The first-order chi connectivity index (χ1) is 9.74. The number of allylic oxidation sites excluding steroid dienone is 1. The van der Waals surface area contributed by atoms with Crippen molar-refractivity contribution in [1.82, 2.24) is 0 Å². The van der Waals surface area contributed by atoms with Crippen molar-refractivity contribution in [1.29, 1.82) is 5.26 Å². The molecule has 2 aromatic carbocycles. The molecule has 0 saturated heterocycles. The summed E-state index contributed by atoms with van der Waals surface area (Å²) in [7, 11) is 0. The van der Waals surface area contributed by atoms with Crippen LogP contribution in [0.5, 0.6) is 11.5 Å². The van der Waals surface area contributed by atoms with Gasteiger partial charge >= 0.3 is 5.70 Å². The molecular formula is C16H10N2O2. The Balaban J connectivity index is 2.22. The molecule has 20 heavy (non-hydrogen) atoms. The molecule has 2 aromatic rings. The molecule has 0 unspecified atom stereocenters. The van der Waals surface area contributed by atoms with Gasteiger partial charge in [0.15, 0.2) is 0 Å². The van der Waals surface area contributed by atoms with Gasteiger partial charge in [-0.1, -0.05) is 18.2 Å². The van der Waals surface area contributed by atoms with Gasteiger partial charge in [-0.05, 0) is 36.4 Å². The largest absolute Gasteiger partial charge is 0.518 e. The van der Waals surface area contributed by atoms with Crippen LogP contribution in [0.2, 0.25) is 0 Å². The van der Waals surface area contributed by atoms with Crippen LogP contribution < -0.4 is 4.74 Å². The lowest BCUT2D eigenvalue weighted by atomic mass is 10.1. The van der Waals surface area contributed by atoms with Crippen LogP contribution in [-0.4, -0.2) is 5.11 Å². The molecule has 0 aromatic heterocycles. The third-order valence-corrected chi connectivity index (χ3v) is 2.55. The Morgan fingerprint density at radius 2 is 1.65 bits per heavy atom. The zero-order valence-electron chi connectivity index (χ0n) is 10.4. The summed E-state index contributed by atoms with van der Waals surface area (Å²) in [5, 5.41) is 18.5. The van der Waals surface area contributed by atoms with Crippen LogP contribution in [0.3, 0.4) is 0 Å². The summed E-state index contributed by atoms with van der Waals surface area (Å²) >= 11 is 0. The number of ether oxygens (including phenoxy) is 1. The van der Waals surface area contributed by atoms with Crippen LogP contribution in [0, 0.1) is 17.9 Å². The van der Waals surface area contributed by atoms with Crippen molar-refractivity contribution in [2.24, 2.45) is 0 Å². The average Bonchev–Trinajstić information content (AvgIpc) is 2.50. The Labute approximate surface area is 116 Å². The van der Waals surface area contributed by atoms with Gasteiger partial charge in [0.05, 0.1) is 12.6 Å². The molecule has 0 aliphatic heterocycles. The van der Waals surface area contributed by atoms with Crippen molar-refractivity contribution in [3.8, 4) is 17.6 Å². The first-order valence-corrected chi connectivity index (χ1v) is 5.78. The molecular weight excluding hydrogens is 252 g/mol. The second kappa shape index (κ2) is 6.08. The summed E-state index contributed by atoms with van der Waals surface area (Å²) in [5.41, 5.74) is 0.0692. The molecule has 0 aliphatic carbocycles. The van der Waals surface area contributed by atoms with E-state index < -0.39 is 0 Å². The van der Waals surface area contributed by atoms with Crippen molar-refractivity contribution < 1.29 is 9.84 Å². The first kappa shape index (κ1) is 13.2. The van der Waals surface area contributed by atoms with Gasteiger partial charge in [0.25, 0.3) is 0 Å². The van der Waals surface area contributed by atoms with Gasteiger partial charge in [-0.3, -0.25) is 0 Å². The fourth-order valence-corrected chi connectivity index (χ4v) is 1.57. The molecule has 96 valence electrons. The number of rotatable bonds is 3. The van der Waals surface area contributed by atoms with E-state index in [1.54, 1.807) is 30.3 Å². The van der Waals surface area contributed by atoms with Crippen LogP contribution in [0.1, 0.15) is 5.56 Å². The van der Waals surface area contributed by atoms with E-state index in [4.69, 9.17) is 16.6 Å². The highest BCUT2D eigenvalue weighted by molar-refractivity contribution is 5.67. The number of aliphatic hydroxyl groups excluding tert-OH is 1. The Hall–Kier alpha value is -3.24. The summed E-state index contributed by atoms with van der Waals surface area (Å²) in [4.78, 5) is 2.96. The van der Waals surface area contributed by atoms with Gasteiger partial charge in [-0.15, -0.1) is 0 Å². The molecule has 0 atom stereocenters. The Morgan fingerprint density at radius 3 is 2.20 bits per heavy atom. The maximum Gasteiger partial charge on any atom is 0.303 e. The smallest absolute Gasteiger partial charge is 0.303 e. The molecule has 0 spiro atoms. The van der Waals surface area contributed by atoms with E-state index >= 15 is 0 Å². The summed E-state index contributed by atoms with van der Waals surface area (Å²) in [6.07, 6.45) is 0. The van der Waals surface area contributed by atoms with Gasteiger partial charge in [-0.2, -0.15) is 0 Å². The highest BCUT2D eigenvalue weighted by Crippen LogP contribution is 2.24. The molecule has 0 aliphatic rings. The minimum atomic E-state index is -0.332. The fraction of sp³-hybridized carbons (Fsp3) is 0. The van der Waals surface area contributed by atoms with Gasteiger partial charge in [0.2, 0.25) is 0 Å². The molecule has 0 amide bonds. The Bertz CT molecular complexity index is 689. The van der Waals surface area contributed by atoms with E-state index in [9.17, 15) is 5.11 Å². The predicted molar refractivity (Wildman–Crippen MR) is 74.7 cm³/mol. The van der Waals surface area contributed by atoms with Crippen molar-refractivity contribution in [3.63, 3.8) is 0 Å². The molecule has 0 fully saturated rings. The first-order valence-electron chi connectivity index (χ1n) is 5.78. The molecule has 4 nitrogen and oxygen atoms in total. The summed E-state index contributed by atoms with van der Waals surface area (Å²) in [6.45, 7) is 6.79. The van der Waals surface area contributed by atoms with E-state index in [-0.39, 0.29) is 11.5 Å². The molecule has 0 heterocycles. The minimum Gasteiger partial charge on any atom is -0.518 e. The number of benzene rings is 2. The minimum absolute atomic E-state index is 0.325. The summed E-state index contributed by atoms with van der Waals surface area (Å²) in [6, 6.07) is 17.5. The third-order valence-electron chi connectivity index (χ3n) is 2.55. The molecule has 1 N–H and O–H groups in total. The molecule has 0 radical (unpaired) electrons. The lowest BCUT2D eigenvalue weighted by molar-refractivity contribution is 0.482. The van der Waals surface area contributed by atoms with Crippen molar-refractivity contribution in [2.45, 2.75) is 0 Å². The lowest BCUT2D eigenvalue weighted by Gasteiger charge is -2.06. The quantitative estimate of drug-likeness (QED) is 0.513. The van der Waals surface area contributed by atoms with Crippen LogP contribution >= 0.6 is 0 Å². The van der Waals surface area contributed by atoms with E-state index in [1.165, 1.54) is 0 Å². The maximum absolute atomic E-state index is 9.76. The standard InChI is InChI=1S/C16H10N2O2/c1-18-15(11-17)16(19)12-7-9-14(10-8-12)20-13-5-3-2-4-6-13/h2-10,19H/b16-15+. The maximum atomic E-state index is 9.76. The van der Waals surface area contributed by atoms with Crippen LogP contribution in [-0.2, 0) is 0 Å². The van der Waals surface area contributed by atoms with Crippen LogP contribution in [0.25, 0.3) is 10.6 Å². The Morgan fingerprint density at radius 1 is 1.05 bits per heavy atom. The van der Waals surface area contributed by atoms with Crippen LogP contribution in [0.4, 0.5) is 0 Å². The van der Waals surface area contributed by atoms with Gasteiger partial charge in [-0.25, -0.2) is 10.1 Å².